The number of ether oxygens (including phenoxy) is 3. The van der Waals surface area contributed by atoms with Crippen molar-refractivity contribution >= 4 is 16.1 Å². The summed E-state index contributed by atoms with van der Waals surface area (Å²) >= 11 is 0. The minimum absolute atomic E-state index is 0.246. The third-order valence-corrected chi connectivity index (χ3v) is 6.67. The lowest BCUT2D eigenvalue weighted by Crippen LogP contribution is -2.60. The van der Waals surface area contributed by atoms with Crippen LogP contribution >= 0.6 is 0 Å². The van der Waals surface area contributed by atoms with Crippen molar-refractivity contribution in [2.24, 2.45) is 0 Å². The Hall–Kier alpha value is -0.860. The summed E-state index contributed by atoms with van der Waals surface area (Å²) in [6.07, 6.45) is 3.43. The standard InChI is InChI=1S/C23H44O11S/c1-2-3-4-5-6-7-8-9-10-11-12-13-19(25)32-14-17(24)15-33-23-22(28)21(27)20(26)18(34-23)16-35(29,30)31/h17-18,20-24,26-28H,2-16H2,1H3,(H,29,30,31)/t17?,18-,20+,21+,22-,23+/m1/s1. The van der Waals surface area contributed by atoms with Crippen LogP contribution in [-0.2, 0) is 29.1 Å². The van der Waals surface area contributed by atoms with Crippen molar-refractivity contribution in [1.82, 2.24) is 0 Å². The molecule has 1 aliphatic heterocycles. The monoisotopic (exact) mass is 528 g/mol. The van der Waals surface area contributed by atoms with Crippen LogP contribution in [0.4, 0.5) is 0 Å². The fourth-order valence-corrected chi connectivity index (χ4v) is 4.54. The zero-order chi connectivity index (χ0) is 26.3. The van der Waals surface area contributed by atoms with E-state index in [1.807, 2.05) is 0 Å². The molecule has 12 heteroatoms. The van der Waals surface area contributed by atoms with E-state index in [1.54, 1.807) is 0 Å². The lowest BCUT2D eigenvalue weighted by Gasteiger charge is -2.40. The first-order valence-corrected chi connectivity index (χ1v) is 14.3. The molecule has 1 fully saturated rings. The van der Waals surface area contributed by atoms with Gasteiger partial charge in [0.25, 0.3) is 10.1 Å². The quantitative estimate of drug-likeness (QED) is 0.0926. The van der Waals surface area contributed by atoms with E-state index in [-0.39, 0.29) is 13.0 Å². The fraction of sp³-hybridized carbons (Fsp3) is 0.957. The molecular formula is C23H44O11S. The molecule has 1 aliphatic rings. The lowest BCUT2D eigenvalue weighted by atomic mass is 10.00. The third kappa shape index (κ3) is 14.5. The van der Waals surface area contributed by atoms with E-state index in [0.717, 1.165) is 19.3 Å². The number of esters is 1. The highest BCUT2D eigenvalue weighted by atomic mass is 32.2. The zero-order valence-electron chi connectivity index (χ0n) is 20.7. The van der Waals surface area contributed by atoms with Gasteiger partial charge in [-0.25, -0.2) is 0 Å². The number of aliphatic hydroxyl groups is 4. The lowest BCUT2D eigenvalue weighted by molar-refractivity contribution is -0.296. The molecule has 0 spiro atoms. The predicted octanol–water partition coefficient (Wildman–Crippen LogP) is 1.30. The maximum Gasteiger partial charge on any atom is 0.305 e. The summed E-state index contributed by atoms with van der Waals surface area (Å²) in [5, 5.41) is 39.6. The highest BCUT2D eigenvalue weighted by molar-refractivity contribution is 7.85. The number of rotatable bonds is 19. The molecule has 11 nitrogen and oxygen atoms in total. The smallest absolute Gasteiger partial charge is 0.305 e. The summed E-state index contributed by atoms with van der Waals surface area (Å²) < 4.78 is 46.3. The van der Waals surface area contributed by atoms with E-state index in [9.17, 15) is 33.6 Å². The molecule has 35 heavy (non-hydrogen) atoms. The molecule has 0 radical (unpaired) electrons. The second-order valence-corrected chi connectivity index (χ2v) is 10.7. The molecule has 0 aromatic heterocycles. The van der Waals surface area contributed by atoms with E-state index in [4.69, 9.17) is 18.8 Å². The Bertz CT molecular complexity index is 672. The van der Waals surface area contributed by atoms with Gasteiger partial charge in [-0.1, -0.05) is 71.1 Å². The van der Waals surface area contributed by atoms with Crippen LogP contribution in [0.3, 0.4) is 0 Å². The molecule has 0 bridgehead atoms. The van der Waals surface area contributed by atoms with Gasteiger partial charge in [-0.05, 0) is 6.42 Å². The Balaban J connectivity index is 2.15. The second kappa shape index (κ2) is 17.6. The number of hydrogen-bond donors (Lipinski definition) is 5. The first kappa shape index (κ1) is 32.2. The molecule has 1 saturated heterocycles. The number of hydrogen-bond acceptors (Lipinski definition) is 10. The largest absolute Gasteiger partial charge is 0.463 e. The molecule has 5 N–H and O–H groups in total. The van der Waals surface area contributed by atoms with E-state index >= 15 is 0 Å². The molecule has 1 heterocycles. The maximum absolute atomic E-state index is 11.8. The van der Waals surface area contributed by atoms with Gasteiger partial charge in [0.15, 0.2) is 6.29 Å². The molecule has 0 aromatic carbocycles. The Labute approximate surface area is 208 Å². The fourth-order valence-electron chi connectivity index (χ4n) is 3.85. The van der Waals surface area contributed by atoms with E-state index in [1.165, 1.54) is 44.9 Å². The number of unbranched alkanes of at least 4 members (excludes halogenated alkanes) is 10. The molecule has 0 aromatic rings. The average Bonchev–Trinajstić information content (AvgIpc) is 2.80. The van der Waals surface area contributed by atoms with Crippen molar-refractivity contribution in [1.29, 1.82) is 0 Å². The van der Waals surface area contributed by atoms with Crippen molar-refractivity contribution < 1.29 is 52.4 Å². The van der Waals surface area contributed by atoms with E-state index in [0.29, 0.717) is 6.42 Å². The maximum atomic E-state index is 11.8. The van der Waals surface area contributed by atoms with Crippen molar-refractivity contribution in [3.8, 4) is 0 Å². The molecule has 0 aliphatic carbocycles. The van der Waals surface area contributed by atoms with Crippen LogP contribution in [0.15, 0.2) is 0 Å². The Morgan fingerprint density at radius 1 is 0.857 bits per heavy atom. The van der Waals surface area contributed by atoms with Crippen molar-refractivity contribution in [3.05, 3.63) is 0 Å². The van der Waals surface area contributed by atoms with Crippen LogP contribution in [0, 0.1) is 0 Å². The summed E-state index contributed by atoms with van der Waals surface area (Å²) in [7, 11) is -4.53. The number of carbonyl (C=O) groups is 1. The zero-order valence-corrected chi connectivity index (χ0v) is 21.5. The number of carbonyl (C=O) groups excluding carboxylic acids is 1. The first-order chi connectivity index (χ1) is 16.5. The van der Waals surface area contributed by atoms with Crippen LogP contribution in [-0.4, -0.2) is 95.1 Å². The van der Waals surface area contributed by atoms with Gasteiger partial charge < -0.3 is 34.6 Å². The van der Waals surface area contributed by atoms with Gasteiger partial charge in [-0.15, -0.1) is 0 Å². The summed E-state index contributed by atoms with van der Waals surface area (Å²) in [5.41, 5.74) is 0. The van der Waals surface area contributed by atoms with Gasteiger partial charge in [-0.3, -0.25) is 9.35 Å². The highest BCUT2D eigenvalue weighted by Gasteiger charge is 2.45. The van der Waals surface area contributed by atoms with E-state index < -0.39 is 65.3 Å². The topological polar surface area (TPSA) is 180 Å². The van der Waals surface area contributed by atoms with Gasteiger partial charge in [0, 0.05) is 6.42 Å². The molecule has 0 saturated carbocycles. The SMILES string of the molecule is CCCCCCCCCCCCCC(=O)OCC(O)CO[C@H]1O[C@H](CS(=O)(=O)O)[C@H](O)[C@H](O)[C@H]1O. The van der Waals surface area contributed by atoms with Crippen molar-refractivity contribution in [3.63, 3.8) is 0 Å². The van der Waals surface area contributed by atoms with Gasteiger partial charge in [0.2, 0.25) is 0 Å². The van der Waals surface area contributed by atoms with Crippen LogP contribution in [0.2, 0.25) is 0 Å². The molecule has 208 valence electrons. The predicted molar refractivity (Wildman–Crippen MR) is 127 cm³/mol. The van der Waals surface area contributed by atoms with E-state index in [2.05, 4.69) is 6.92 Å². The van der Waals surface area contributed by atoms with Crippen LogP contribution in [0.1, 0.15) is 84.0 Å². The second-order valence-electron chi connectivity index (χ2n) is 9.22. The van der Waals surface area contributed by atoms with Gasteiger partial charge >= 0.3 is 5.97 Å². The number of aliphatic hydroxyl groups excluding tert-OH is 4. The van der Waals surface area contributed by atoms with Gasteiger partial charge in [0.1, 0.15) is 42.9 Å². The first-order valence-electron chi connectivity index (χ1n) is 12.6. The Morgan fingerprint density at radius 2 is 1.40 bits per heavy atom. The summed E-state index contributed by atoms with van der Waals surface area (Å²) in [6, 6.07) is 0. The molecule has 1 unspecified atom stereocenters. The minimum atomic E-state index is -4.53. The molecular weight excluding hydrogens is 484 g/mol. The molecule has 0 amide bonds. The van der Waals surface area contributed by atoms with Crippen molar-refractivity contribution in [2.45, 2.75) is 121 Å². The van der Waals surface area contributed by atoms with Crippen LogP contribution < -0.4 is 0 Å². The average molecular weight is 529 g/mol. The highest BCUT2D eigenvalue weighted by Crippen LogP contribution is 2.23. The van der Waals surface area contributed by atoms with Crippen LogP contribution in [0.25, 0.3) is 0 Å². The van der Waals surface area contributed by atoms with Crippen molar-refractivity contribution in [2.75, 3.05) is 19.0 Å². The van der Waals surface area contributed by atoms with Gasteiger partial charge in [-0.2, -0.15) is 8.42 Å². The Kier molecular flexibility index (Phi) is 16.1. The normalized spacial score (nSPS) is 25.9. The summed E-state index contributed by atoms with van der Waals surface area (Å²) in [4.78, 5) is 11.8. The summed E-state index contributed by atoms with van der Waals surface area (Å²) in [6.45, 7) is 1.41. The minimum Gasteiger partial charge on any atom is -0.463 e. The molecule has 1 rings (SSSR count). The Morgan fingerprint density at radius 3 is 1.94 bits per heavy atom. The summed E-state index contributed by atoms with van der Waals surface area (Å²) in [5.74, 6) is -1.46. The molecule has 6 atom stereocenters. The van der Waals surface area contributed by atoms with Gasteiger partial charge in [0.05, 0.1) is 6.61 Å². The van der Waals surface area contributed by atoms with Crippen LogP contribution in [0.5, 0.6) is 0 Å². The third-order valence-electron chi connectivity index (χ3n) is 5.92.